The van der Waals surface area contributed by atoms with Crippen LogP contribution in [0.2, 0.25) is 0 Å². The van der Waals surface area contributed by atoms with Crippen molar-refractivity contribution in [3.63, 3.8) is 0 Å². The fourth-order valence-corrected chi connectivity index (χ4v) is 2.17. The molecule has 0 aromatic heterocycles. The highest BCUT2D eigenvalue weighted by Crippen LogP contribution is 2.34. The Morgan fingerprint density at radius 3 is 2.31 bits per heavy atom. The maximum absolute atomic E-state index is 12.5. The van der Waals surface area contributed by atoms with E-state index < -0.39 is 12.3 Å². The molecule has 13 heavy (non-hydrogen) atoms. The fraction of sp³-hybridized carbons (Fsp3) is 0.900. The molecule has 1 unspecified atom stereocenters. The summed E-state index contributed by atoms with van der Waals surface area (Å²) in [4.78, 5) is 10.2. The van der Waals surface area contributed by atoms with Gasteiger partial charge in [0.25, 0.3) is 0 Å². The first-order valence-corrected chi connectivity index (χ1v) is 4.97. The zero-order valence-electron chi connectivity index (χ0n) is 7.72. The highest BCUT2D eigenvalue weighted by atomic mass is 19.3. The van der Waals surface area contributed by atoms with Gasteiger partial charge in [0.05, 0.1) is 0 Å². The first kappa shape index (κ1) is 10.6. The van der Waals surface area contributed by atoms with E-state index in [0.29, 0.717) is 6.29 Å². The lowest BCUT2D eigenvalue weighted by Gasteiger charge is -2.28. The van der Waals surface area contributed by atoms with Gasteiger partial charge in [0.1, 0.15) is 6.29 Å². The van der Waals surface area contributed by atoms with Crippen LogP contribution in [-0.4, -0.2) is 12.7 Å². The minimum absolute atomic E-state index is 0.0301. The minimum atomic E-state index is -2.33. The second-order valence-electron chi connectivity index (χ2n) is 3.80. The molecular weight excluding hydrogens is 174 g/mol. The van der Waals surface area contributed by atoms with Crippen molar-refractivity contribution in [2.24, 2.45) is 11.8 Å². The molecule has 76 valence electrons. The van der Waals surface area contributed by atoms with Gasteiger partial charge in [-0.2, -0.15) is 0 Å². The highest BCUT2D eigenvalue weighted by molar-refractivity contribution is 5.49. The third-order valence-corrected chi connectivity index (χ3v) is 2.95. The predicted octanol–water partition coefficient (Wildman–Crippen LogP) is 3.04. The van der Waals surface area contributed by atoms with Gasteiger partial charge >= 0.3 is 0 Å². The van der Waals surface area contributed by atoms with E-state index in [2.05, 4.69) is 0 Å². The van der Waals surface area contributed by atoms with Gasteiger partial charge in [-0.15, -0.1) is 0 Å². The molecular formula is C10H16F2O. The summed E-state index contributed by atoms with van der Waals surface area (Å²) >= 11 is 0. The Morgan fingerprint density at radius 1 is 1.23 bits per heavy atom. The summed E-state index contributed by atoms with van der Waals surface area (Å²) in [5.41, 5.74) is 0. The van der Waals surface area contributed by atoms with Crippen molar-refractivity contribution in [1.29, 1.82) is 0 Å². The van der Waals surface area contributed by atoms with Crippen molar-refractivity contribution in [3.8, 4) is 0 Å². The van der Waals surface area contributed by atoms with Gasteiger partial charge in [0.2, 0.25) is 6.43 Å². The second kappa shape index (κ2) is 5.30. The molecule has 0 aromatic carbocycles. The molecule has 0 amide bonds. The van der Waals surface area contributed by atoms with E-state index in [4.69, 9.17) is 0 Å². The molecule has 1 saturated carbocycles. The van der Waals surface area contributed by atoms with Crippen LogP contribution in [0.1, 0.15) is 38.5 Å². The van der Waals surface area contributed by atoms with E-state index in [1.807, 2.05) is 0 Å². The predicted molar refractivity (Wildman–Crippen MR) is 46.8 cm³/mol. The zero-order valence-corrected chi connectivity index (χ0v) is 7.72. The smallest absolute Gasteiger partial charge is 0.242 e. The Labute approximate surface area is 77.5 Å². The number of halogens is 2. The summed E-state index contributed by atoms with van der Waals surface area (Å²) in [5, 5.41) is 0. The number of carbonyl (C=O) groups is 1. The molecule has 1 fully saturated rings. The lowest BCUT2D eigenvalue weighted by molar-refractivity contribution is -0.111. The normalized spacial score (nSPS) is 21.8. The van der Waals surface area contributed by atoms with Crippen molar-refractivity contribution in [2.75, 3.05) is 0 Å². The van der Waals surface area contributed by atoms with Crippen LogP contribution in [0.25, 0.3) is 0 Å². The Kier molecular flexibility index (Phi) is 4.33. The van der Waals surface area contributed by atoms with E-state index in [0.717, 1.165) is 32.1 Å². The summed E-state index contributed by atoms with van der Waals surface area (Å²) in [5.74, 6) is -0.600. The van der Waals surface area contributed by atoms with Crippen LogP contribution in [0.4, 0.5) is 8.78 Å². The van der Waals surface area contributed by atoms with Crippen LogP contribution in [0.5, 0.6) is 0 Å². The third-order valence-electron chi connectivity index (χ3n) is 2.95. The number of rotatable bonds is 4. The molecule has 0 heterocycles. The SMILES string of the molecule is O=CCC(C(F)F)C1CCCCC1. The first-order valence-electron chi connectivity index (χ1n) is 4.97. The van der Waals surface area contributed by atoms with Gasteiger partial charge in [-0.25, -0.2) is 8.78 Å². The molecule has 0 radical (unpaired) electrons. The quantitative estimate of drug-likeness (QED) is 0.623. The Balaban J connectivity index is 2.46. The molecule has 0 aliphatic heterocycles. The molecule has 0 N–H and O–H groups in total. The van der Waals surface area contributed by atoms with E-state index >= 15 is 0 Å². The van der Waals surface area contributed by atoms with Crippen LogP contribution >= 0.6 is 0 Å². The zero-order chi connectivity index (χ0) is 9.68. The lowest BCUT2D eigenvalue weighted by atomic mass is 9.79. The van der Waals surface area contributed by atoms with Crippen molar-refractivity contribution < 1.29 is 13.6 Å². The van der Waals surface area contributed by atoms with Crippen molar-refractivity contribution in [3.05, 3.63) is 0 Å². The van der Waals surface area contributed by atoms with Crippen molar-refractivity contribution >= 4 is 6.29 Å². The summed E-state index contributed by atoms with van der Waals surface area (Å²) in [6.07, 6.45) is 3.35. The summed E-state index contributed by atoms with van der Waals surface area (Å²) in [7, 11) is 0. The Morgan fingerprint density at radius 2 is 1.85 bits per heavy atom. The monoisotopic (exact) mass is 190 g/mol. The molecule has 1 atom stereocenters. The van der Waals surface area contributed by atoms with Crippen LogP contribution < -0.4 is 0 Å². The summed E-state index contributed by atoms with van der Waals surface area (Å²) in [6.45, 7) is 0. The molecule has 3 heteroatoms. The van der Waals surface area contributed by atoms with Crippen molar-refractivity contribution in [1.82, 2.24) is 0 Å². The van der Waals surface area contributed by atoms with E-state index in [-0.39, 0.29) is 12.3 Å². The number of carbonyl (C=O) groups excluding carboxylic acids is 1. The number of alkyl halides is 2. The van der Waals surface area contributed by atoms with Crippen LogP contribution in [-0.2, 0) is 4.79 Å². The topological polar surface area (TPSA) is 17.1 Å². The van der Waals surface area contributed by atoms with Gasteiger partial charge in [-0.3, -0.25) is 0 Å². The molecule has 1 aliphatic carbocycles. The van der Waals surface area contributed by atoms with Gasteiger partial charge < -0.3 is 4.79 Å². The Bertz CT molecular complexity index is 153. The van der Waals surface area contributed by atoms with E-state index in [1.165, 1.54) is 0 Å². The molecule has 1 rings (SSSR count). The third kappa shape index (κ3) is 3.05. The standard InChI is InChI=1S/C10H16F2O/c11-10(12)9(6-7-13)8-4-2-1-3-5-8/h7-10H,1-6H2. The molecule has 1 nitrogen and oxygen atoms in total. The van der Waals surface area contributed by atoms with Crippen molar-refractivity contribution in [2.45, 2.75) is 45.0 Å². The highest BCUT2D eigenvalue weighted by Gasteiger charge is 2.30. The average molecular weight is 190 g/mol. The first-order chi connectivity index (χ1) is 6.25. The van der Waals surface area contributed by atoms with E-state index in [9.17, 15) is 13.6 Å². The molecule has 0 saturated heterocycles. The van der Waals surface area contributed by atoms with Crippen LogP contribution in [0, 0.1) is 11.8 Å². The van der Waals surface area contributed by atoms with Gasteiger partial charge in [0, 0.05) is 12.3 Å². The molecule has 0 bridgehead atoms. The maximum Gasteiger partial charge on any atom is 0.242 e. The molecule has 1 aliphatic rings. The number of hydrogen-bond acceptors (Lipinski definition) is 1. The second-order valence-corrected chi connectivity index (χ2v) is 3.80. The average Bonchev–Trinajstić information content (AvgIpc) is 2.15. The van der Waals surface area contributed by atoms with E-state index in [1.54, 1.807) is 0 Å². The maximum atomic E-state index is 12.5. The number of aldehydes is 1. The largest absolute Gasteiger partial charge is 0.303 e. The van der Waals surface area contributed by atoms with Gasteiger partial charge in [-0.1, -0.05) is 19.3 Å². The Hall–Kier alpha value is -0.470. The van der Waals surface area contributed by atoms with Crippen LogP contribution in [0.15, 0.2) is 0 Å². The fourth-order valence-electron chi connectivity index (χ4n) is 2.17. The summed E-state index contributed by atoms with van der Waals surface area (Å²) < 4.78 is 25.0. The lowest BCUT2D eigenvalue weighted by Crippen LogP contribution is -2.24. The van der Waals surface area contributed by atoms with Gasteiger partial charge in [0.15, 0.2) is 0 Å². The minimum Gasteiger partial charge on any atom is -0.303 e. The molecule has 0 aromatic rings. The van der Waals surface area contributed by atoms with Gasteiger partial charge in [-0.05, 0) is 18.8 Å². The molecule has 0 spiro atoms. The summed E-state index contributed by atoms with van der Waals surface area (Å²) in [6, 6.07) is 0. The van der Waals surface area contributed by atoms with Crippen LogP contribution in [0.3, 0.4) is 0 Å². The number of hydrogen-bond donors (Lipinski definition) is 0.